The largest absolute Gasteiger partial charge is 0.452 e. The maximum absolute atomic E-state index is 12.1. The Morgan fingerprint density at radius 1 is 1.11 bits per heavy atom. The second-order valence-electron chi connectivity index (χ2n) is 5.17. The molecule has 0 heterocycles. The lowest BCUT2D eigenvalue weighted by Gasteiger charge is -2.07. The first-order valence-corrected chi connectivity index (χ1v) is 9.02. The van der Waals surface area contributed by atoms with Crippen LogP contribution in [0.4, 0.5) is 14.5 Å². The zero-order chi connectivity index (χ0) is 19.6. The number of thioether (sulfide) groups is 1. The van der Waals surface area contributed by atoms with Gasteiger partial charge in [-0.2, -0.15) is 8.78 Å². The number of anilines is 1. The van der Waals surface area contributed by atoms with Crippen LogP contribution in [-0.4, -0.2) is 31.4 Å². The SMILES string of the molecule is CSc1ccc(/C=C/C(=O)OCC(=O)Nc2ccc(OC(F)F)cc2)cc1. The van der Waals surface area contributed by atoms with Crippen molar-refractivity contribution in [2.24, 2.45) is 0 Å². The maximum Gasteiger partial charge on any atom is 0.387 e. The number of halogens is 2. The van der Waals surface area contributed by atoms with Gasteiger partial charge >= 0.3 is 12.6 Å². The Bertz CT molecular complexity index is 792. The molecule has 0 atom stereocenters. The van der Waals surface area contributed by atoms with Crippen LogP contribution in [0.5, 0.6) is 5.75 Å². The molecule has 0 aliphatic rings. The maximum atomic E-state index is 12.1. The van der Waals surface area contributed by atoms with Gasteiger partial charge in [-0.15, -0.1) is 11.8 Å². The molecule has 0 unspecified atom stereocenters. The van der Waals surface area contributed by atoms with Crippen LogP contribution < -0.4 is 10.1 Å². The minimum Gasteiger partial charge on any atom is -0.452 e. The summed E-state index contributed by atoms with van der Waals surface area (Å²) in [6, 6.07) is 13.0. The fourth-order valence-corrected chi connectivity index (χ4v) is 2.39. The molecule has 5 nitrogen and oxygen atoms in total. The number of ether oxygens (including phenoxy) is 2. The summed E-state index contributed by atoms with van der Waals surface area (Å²) in [4.78, 5) is 24.5. The van der Waals surface area contributed by atoms with Gasteiger partial charge in [0.2, 0.25) is 0 Å². The lowest BCUT2D eigenvalue weighted by atomic mass is 10.2. The molecule has 0 spiro atoms. The van der Waals surface area contributed by atoms with Gasteiger partial charge in [-0.05, 0) is 54.3 Å². The van der Waals surface area contributed by atoms with Crippen molar-refractivity contribution in [3.8, 4) is 5.75 Å². The fraction of sp³-hybridized carbons (Fsp3) is 0.158. The van der Waals surface area contributed by atoms with E-state index in [0.717, 1.165) is 10.5 Å². The van der Waals surface area contributed by atoms with Gasteiger partial charge in [0.25, 0.3) is 5.91 Å². The van der Waals surface area contributed by atoms with Gasteiger partial charge in [-0.25, -0.2) is 4.79 Å². The molecule has 1 amide bonds. The standard InChI is InChI=1S/C19H17F2NO4S/c1-27-16-9-2-13(3-10-16)4-11-18(24)25-12-17(23)22-14-5-7-15(8-6-14)26-19(20)21/h2-11,19H,12H2,1H3,(H,22,23)/b11-4+. The molecule has 0 aliphatic heterocycles. The summed E-state index contributed by atoms with van der Waals surface area (Å²) < 4.78 is 33.2. The van der Waals surface area contributed by atoms with Crippen molar-refractivity contribution in [1.82, 2.24) is 0 Å². The van der Waals surface area contributed by atoms with E-state index in [1.807, 2.05) is 30.5 Å². The highest BCUT2D eigenvalue weighted by Gasteiger charge is 2.07. The third-order valence-corrected chi connectivity index (χ3v) is 3.98. The zero-order valence-electron chi connectivity index (χ0n) is 14.4. The number of hydrogen-bond acceptors (Lipinski definition) is 5. The molecular formula is C19H17F2NO4S. The smallest absolute Gasteiger partial charge is 0.387 e. The van der Waals surface area contributed by atoms with Gasteiger partial charge in [-0.3, -0.25) is 4.79 Å². The number of amides is 1. The van der Waals surface area contributed by atoms with E-state index in [9.17, 15) is 18.4 Å². The summed E-state index contributed by atoms with van der Waals surface area (Å²) in [5, 5.41) is 2.48. The fourth-order valence-electron chi connectivity index (χ4n) is 1.98. The van der Waals surface area contributed by atoms with E-state index in [1.165, 1.54) is 30.3 Å². The van der Waals surface area contributed by atoms with Gasteiger partial charge in [-0.1, -0.05) is 12.1 Å². The summed E-state index contributed by atoms with van der Waals surface area (Å²) in [6.07, 6.45) is 4.79. The Morgan fingerprint density at radius 2 is 1.78 bits per heavy atom. The summed E-state index contributed by atoms with van der Waals surface area (Å²) in [7, 11) is 0. The molecule has 1 N–H and O–H groups in total. The van der Waals surface area contributed by atoms with Crippen LogP contribution in [0.25, 0.3) is 6.08 Å². The van der Waals surface area contributed by atoms with Crippen molar-refractivity contribution in [2.45, 2.75) is 11.5 Å². The third-order valence-electron chi connectivity index (χ3n) is 3.24. The average molecular weight is 393 g/mol. The molecule has 0 bridgehead atoms. The Kier molecular flexibility index (Phi) is 7.81. The molecule has 0 saturated carbocycles. The molecule has 142 valence electrons. The van der Waals surface area contributed by atoms with Crippen molar-refractivity contribution >= 4 is 35.4 Å². The molecule has 0 aliphatic carbocycles. The predicted octanol–water partition coefficient (Wildman–Crippen LogP) is 4.21. The van der Waals surface area contributed by atoms with Gasteiger partial charge in [0.15, 0.2) is 6.61 Å². The molecule has 0 aromatic heterocycles. The summed E-state index contributed by atoms with van der Waals surface area (Å²) in [5.41, 5.74) is 1.20. The van der Waals surface area contributed by atoms with Gasteiger partial charge < -0.3 is 14.8 Å². The number of carbonyl (C=O) groups is 2. The minimum absolute atomic E-state index is 0.0230. The summed E-state index contributed by atoms with van der Waals surface area (Å²) >= 11 is 1.62. The number of nitrogens with one attached hydrogen (secondary N) is 1. The topological polar surface area (TPSA) is 64.6 Å². The normalized spacial score (nSPS) is 10.8. The van der Waals surface area contributed by atoms with Gasteiger partial charge in [0, 0.05) is 16.7 Å². The van der Waals surface area contributed by atoms with Crippen LogP contribution in [0, 0.1) is 0 Å². The number of rotatable bonds is 8. The van der Waals surface area contributed by atoms with Crippen molar-refractivity contribution in [1.29, 1.82) is 0 Å². The first kappa shape index (κ1) is 20.4. The summed E-state index contributed by atoms with van der Waals surface area (Å²) in [6.45, 7) is -3.38. The summed E-state index contributed by atoms with van der Waals surface area (Å²) in [5.74, 6) is -1.23. The Morgan fingerprint density at radius 3 is 2.37 bits per heavy atom. The second kappa shape index (κ2) is 10.3. The molecule has 2 rings (SSSR count). The van der Waals surface area contributed by atoms with Crippen molar-refractivity contribution in [3.05, 3.63) is 60.2 Å². The highest BCUT2D eigenvalue weighted by molar-refractivity contribution is 7.98. The van der Waals surface area contributed by atoms with Gasteiger partial charge in [0.05, 0.1) is 0 Å². The monoisotopic (exact) mass is 393 g/mol. The molecule has 2 aromatic carbocycles. The van der Waals surface area contributed by atoms with Crippen LogP contribution in [0.1, 0.15) is 5.56 Å². The predicted molar refractivity (Wildman–Crippen MR) is 99.9 cm³/mol. The quantitative estimate of drug-likeness (QED) is 0.414. The molecular weight excluding hydrogens is 376 g/mol. The third kappa shape index (κ3) is 7.49. The molecule has 27 heavy (non-hydrogen) atoms. The Labute approximate surface area is 159 Å². The second-order valence-corrected chi connectivity index (χ2v) is 6.04. The van der Waals surface area contributed by atoms with Crippen LogP contribution >= 0.6 is 11.8 Å². The minimum atomic E-state index is -2.92. The van der Waals surface area contributed by atoms with Gasteiger partial charge in [0.1, 0.15) is 5.75 Å². The lowest BCUT2D eigenvalue weighted by Crippen LogP contribution is -2.20. The van der Waals surface area contributed by atoms with E-state index in [2.05, 4.69) is 10.1 Å². The number of carbonyl (C=O) groups excluding carboxylic acids is 2. The number of hydrogen-bond donors (Lipinski definition) is 1. The highest BCUT2D eigenvalue weighted by atomic mass is 32.2. The molecule has 0 radical (unpaired) electrons. The Hall–Kier alpha value is -2.87. The first-order valence-electron chi connectivity index (χ1n) is 7.80. The lowest BCUT2D eigenvalue weighted by molar-refractivity contribution is -0.142. The molecule has 0 saturated heterocycles. The number of alkyl halides is 2. The van der Waals surface area contributed by atoms with E-state index in [-0.39, 0.29) is 5.75 Å². The average Bonchev–Trinajstić information content (AvgIpc) is 2.66. The van der Waals surface area contributed by atoms with E-state index in [0.29, 0.717) is 5.69 Å². The number of esters is 1. The zero-order valence-corrected chi connectivity index (χ0v) is 15.2. The van der Waals surface area contributed by atoms with Crippen molar-refractivity contribution in [2.75, 3.05) is 18.2 Å². The molecule has 0 fully saturated rings. The first-order chi connectivity index (χ1) is 13.0. The highest BCUT2D eigenvalue weighted by Crippen LogP contribution is 2.18. The van der Waals surface area contributed by atoms with E-state index in [1.54, 1.807) is 17.8 Å². The van der Waals surface area contributed by atoms with E-state index >= 15 is 0 Å². The molecule has 2 aromatic rings. The number of benzene rings is 2. The van der Waals surface area contributed by atoms with Crippen LogP contribution in [-0.2, 0) is 14.3 Å². The van der Waals surface area contributed by atoms with E-state index < -0.39 is 25.1 Å². The van der Waals surface area contributed by atoms with E-state index in [4.69, 9.17) is 4.74 Å². The van der Waals surface area contributed by atoms with Crippen LogP contribution in [0.2, 0.25) is 0 Å². The van der Waals surface area contributed by atoms with Crippen molar-refractivity contribution in [3.63, 3.8) is 0 Å². The Balaban J connectivity index is 1.77. The van der Waals surface area contributed by atoms with Crippen LogP contribution in [0.3, 0.4) is 0 Å². The van der Waals surface area contributed by atoms with Crippen molar-refractivity contribution < 1.29 is 27.8 Å². The van der Waals surface area contributed by atoms with Crippen LogP contribution in [0.15, 0.2) is 59.5 Å². The molecule has 8 heteroatoms.